The van der Waals surface area contributed by atoms with Crippen LogP contribution in [0.3, 0.4) is 0 Å². The SMILES string of the molecule is CC(C)C=CC1(C)OC=C(CO)O1. The van der Waals surface area contributed by atoms with Gasteiger partial charge in [0, 0.05) is 6.92 Å². The largest absolute Gasteiger partial charge is 0.453 e. The summed E-state index contributed by atoms with van der Waals surface area (Å²) in [6, 6.07) is 0. The summed E-state index contributed by atoms with van der Waals surface area (Å²) in [5, 5.41) is 8.78. The summed E-state index contributed by atoms with van der Waals surface area (Å²) in [7, 11) is 0. The van der Waals surface area contributed by atoms with Gasteiger partial charge in [0.2, 0.25) is 0 Å². The van der Waals surface area contributed by atoms with Crippen molar-refractivity contribution in [1.82, 2.24) is 0 Å². The maximum Gasteiger partial charge on any atom is 0.267 e. The minimum Gasteiger partial charge on any atom is -0.453 e. The molecular formula is C10H16O3. The molecule has 0 aliphatic carbocycles. The van der Waals surface area contributed by atoms with Crippen molar-refractivity contribution in [3.63, 3.8) is 0 Å². The third-order valence-corrected chi connectivity index (χ3v) is 1.70. The number of allylic oxidation sites excluding steroid dienone is 1. The van der Waals surface area contributed by atoms with Gasteiger partial charge < -0.3 is 14.6 Å². The van der Waals surface area contributed by atoms with Gasteiger partial charge in [0.1, 0.15) is 12.9 Å². The number of hydrogen-bond donors (Lipinski definition) is 1. The van der Waals surface area contributed by atoms with E-state index in [0.29, 0.717) is 11.7 Å². The molecular weight excluding hydrogens is 168 g/mol. The molecule has 74 valence electrons. The van der Waals surface area contributed by atoms with Gasteiger partial charge in [-0.05, 0) is 12.0 Å². The van der Waals surface area contributed by atoms with Crippen LogP contribution in [0, 0.1) is 5.92 Å². The Morgan fingerprint density at radius 3 is 2.77 bits per heavy atom. The molecule has 1 aliphatic rings. The second kappa shape index (κ2) is 3.83. The van der Waals surface area contributed by atoms with Gasteiger partial charge in [-0.2, -0.15) is 0 Å². The standard InChI is InChI=1S/C10H16O3/c1-8(2)4-5-10(3)12-7-9(6-11)13-10/h4-5,7-8,11H,6H2,1-3H3. The molecule has 0 aromatic heterocycles. The Balaban J connectivity index is 2.53. The van der Waals surface area contributed by atoms with Crippen molar-refractivity contribution in [3.8, 4) is 0 Å². The average Bonchev–Trinajstić information content (AvgIpc) is 2.45. The van der Waals surface area contributed by atoms with E-state index in [1.165, 1.54) is 6.26 Å². The lowest BCUT2D eigenvalue weighted by Crippen LogP contribution is -2.23. The molecule has 3 nitrogen and oxygen atoms in total. The molecule has 0 saturated heterocycles. The van der Waals surface area contributed by atoms with Crippen LogP contribution in [-0.2, 0) is 9.47 Å². The summed E-state index contributed by atoms with van der Waals surface area (Å²) in [4.78, 5) is 0. The lowest BCUT2D eigenvalue weighted by Gasteiger charge is -2.19. The van der Waals surface area contributed by atoms with Crippen LogP contribution in [0.1, 0.15) is 20.8 Å². The van der Waals surface area contributed by atoms with Crippen molar-refractivity contribution in [2.45, 2.75) is 26.6 Å². The van der Waals surface area contributed by atoms with Crippen molar-refractivity contribution in [2.75, 3.05) is 6.61 Å². The Hall–Kier alpha value is -0.960. The summed E-state index contributed by atoms with van der Waals surface area (Å²) in [5.74, 6) is 0.195. The topological polar surface area (TPSA) is 38.7 Å². The van der Waals surface area contributed by atoms with Gasteiger partial charge in [0.05, 0.1) is 0 Å². The number of rotatable bonds is 3. The maximum absolute atomic E-state index is 8.78. The van der Waals surface area contributed by atoms with Crippen LogP contribution in [0.2, 0.25) is 0 Å². The third kappa shape index (κ3) is 2.77. The molecule has 0 amide bonds. The highest BCUT2D eigenvalue weighted by Crippen LogP contribution is 2.26. The van der Waals surface area contributed by atoms with Crippen LogP contribution in [0.15, 0.2) is 24.2 Å². The van der Waals surface area contributed by atoms with E-state index in [2.05, 4.69) is 13.8 Å². The first-order chi connectivity index (χ1) is 6.06. The average molecular weight is 184 g/mol. The quantitative estimate of drug-likeness (QED) is 0.680. The van der Waals surface area contributed by atoms with Crippen molar-refractivity contribution in [2.24, 2.45) is 5.92 Å². The van der Waals surface area contributed by atoms with Gasteiger partial charge in [0.15, 0.2) is 5.76 Å². The zero-order valence-corrected chi connectivity index (χ0v) is 8.28. The summed E-state index contributed by atoms with van der Waals surface area (Å²) in [6.07, 6.45) is 5.32. The molecule has 1 N–H and O–H groups in total. The van der Waals surface area contributed by atoms with Gasteiger partial charge in [-0.1, -0.05) is 19.9 Å². The molecule has 1 atom stereocenters. The van der Waals surface area contributed by atoms with Crippen LogP contribution in [0.25, 0.3) is 0 Å². The lowest BCUT2D eigenvalue weighted by atomic mass is 10.1. The minimum atomic E-state index is -0.734. The summed E-state index contributed by atoms with van der Waals surface area (Å²) in [5.41, 5.74) is 0. The summed E-state index contributed by atoms with van der Waals surface area (Å²) < 4.78 is 10.6. The van der Waals surface area contributed by atoms with E-state index in [1.54, 1.807) is 0 Å². The predicted octanol–water partition coefficient (Wildman–Crippen LogP) is 1.80. The van der Waals surface area contributed by atoms with Crippen LogP contribution in [-0.4, -0.2) is 17.5 Å². The van der Waals surface area contributed by atoms with Crippen LogP contribution in [0.5, 0.6) is 0 Å². The Labute approximate surface area is 78.7 Å². The fourth-order valence-electron chi connectivity index (χ4n) is 1.00. The van der Waals surface area contributed by atoms with Gasteiger partial charge in [-0.15, -0.1) is 0 Å². The zero-order chi connectivity index (χ0) is 9.90. The first kappa shape index (κ1) is 10.1. The van der Waals surface area contributed by atoms with Gasteiger partial charge in [-0.3, -0.25) is 0 Å². The van der Waals surface area contributed by atoms with Crippen LogP contribution < -0.4 is 0 Å². The van der Waals surface area contributed by atoms with Crippen LogP contribution >= 0.6 is 0 Å². The second-order valence-corrected chi connectivity index (χ2v) is 3.58. The number of hydrogen-bond acceptors (Lipinski definition) is 3. The maximum atomic E-state index is 8.78. The Morgan fingerprint density at radius 2 is 2.31 bits per heavy atom. The van der Waals surface area contributed by atoms with Crippen molar-refractivity contribution in [3.05, 3.63) is 24.2 Å². The highest BCUT2D eigenvalue weighted by molar-refractivity contribution is 5.05. The molecule has 1 unspecified atom stereocenters. The van der Waals surface area contributed by atoms with Gasteiger partial charge in [0.25, 0.3) is 5.79 Å². The molecule has 13 heavy (non-hydrogen) atoms. The van der Waals surface area contributed by atoms with Crippen molar-refractivity contribution >= 4 is 0 Å². The molecule has 0 fully saturated rings. The fraction of sp³-hybridized carbons (Fsp3) is 0.600. The molecule has 0 spiro atoms. The van der Waals surface area contributed by atoms with Crippen molar-refractivity contribution < 1.29 is 14.6 Å². The highest BCUT2D eigenvalue weighted by Gasteiger charge is 2.29. The minimum absolute atomic E-state index is 0.120. The van der Waals surface area contributed by atoms with E-state index >= 15 is 0 Å². The van der Waals surface area contributed by atoms with E-state index in [-0.39, 0.29) is 6.61 Å². The number of aliphatic hydroxyl groups is 1. The molecule has 0 bridgehead atoms. The Kier molecular flexibility index (Phi) is 2.98. The fourth-order valence-corrected chi connectivity index (χ4v) is 1.00. The number of aliphatic hydroxyl groups excluding tert-OH is 1. The molecule has 0 aromatic rings. The van der Waals surface area contributed by atoms with E-state index in [9.17, 15) is 0 Å². The molecule has 0 saturated carbocycles. The number of ether oxygens (including phenoxy) is 2. The third-order valence-electron chi connectivity index (χ3n) is 1.70. The molecule has 0 radical (unpaired) electrons. The smallest absolute Gasteiger partial charge is 0.267 e. The lowest BCUT2D eigenvalue weighted by molar-refractivity contribution is -0.0943. The van der Waals surface area contributed by atoms with Gasteiger partial charge in [-0.25, -0.2) is 0 Å². The van der Waals surface area contributed by atoms with E-state index in [1.807, 2.05) is 19.1 Å². The normalized spacial score (nSPS) is 27.6. The molecule has 1 heterocycles. The van der Waals surface area contributed by atoms with E-state index in [4.69, 9.17) is 14.6 Å². The molecule has 0 aromatic carbocycles. The monoisotopic (exact) mass is 184 g/mol. The van der Waals surface area contributed by atoms with Crippen molar-refractivity contribution in [1.29, 1.82) is 0 Å². The first-order valence-corrected chi connectivity index (χ1v) is 4.42. The van der Waals surface area contributed by atoms with Gasteiger partial charge >= 0.3 is 0 Å². The zero-order valence-electron chi connectivity index (χ0n) is 8.28. The van der Waals surface area contributed by atoms with E-state index in [0.717, 1.165) is 0 Å². The Bertz CT molecular complexity index is 230. The van der Waals surface area contributed by atoms with E-state index < -0.39 is 5.79 Å². The molecule has 1 rings (SSSR count). The molecule has 1 aliphatic heterocycles. The Morgan fingerprint density at radius 1 is 1.62 bits per heavy atom. The first-order valence-electron chi connectivity index (χ1n) is 4.42. The second-order valence-electron chi connectivity index (χ2n) is 3.58. The summed E-state index contributed by atoms with van der Waals surface area (Å²) >= 11 is 0. The van der Waals surface area contributed by atoms with Crippen LogP contribution in [0.4, 0.5) is 0 Å². The molecule has 3 heteroatoms. The highest BCUT2D eigenvalue weighted by atomic mass is 16.7. The predicted molar refractivity (Wildman–Crippen MR) is 49.7 cm³/mol. The summed E-state index contributed by atoms with van der Waals surface area (Å²) in [6.45, 7) is 5.85.